The Labute approximate surface area is 108 Å². The molecule has 86 valence electrons. The van der Waals surface area contributed by atoms with Crippen molar-refractivity contribution < 1.29 is 9.90 Å². The van der Waals surface area contributed by atoms with Crippen molar-refractivity contribution in [2.45, 2.75) is 29.4 Å². The Morgan fingerprint density at radius 3 is 2.94 bits per heavy atom. The number of carboxylic acid groups (broad SMARTS) is 1. The third-order valence-corrected chi connectivity index (χ3v) is 5.02. The molecule has 4 heteroatoms. The second kappa shape index (κ2) is 4.41. The first-order valence-electron chi connectivity index (χ1n) is 5.26. The second-order valence-electron chi connectivity index (χ2n) is 4.06. The summed E-state index contributed by atoms with van der Waals surface area (Å²) in [7, 11) is 0. The lowest BCUT2D eigenvalue weighted by Crippen LogP contribution is -2.20. The first kappa shape index (κ1) is 12.0. The number of rotatable bonds is 4. The monoisotopic (exact) mass is 300 g/mol. The number of hydrogen-bond acceptors (Lipinski definition) is 2. The molecular formula is C12H13BrO2S. The molecule has 0 radical (unpaired) electrons. The molecule has 2 nitrogen and oxygen atoms in total. The summed E-state index contributed by atoms with van der Waals surface area (Å²) in [5, 5.41) is 9.30. The summed E-state index contributed by atoms with van der Waals surface area (Å²) in [6.45, 7) is 2.05. The molecule has 2 rings (SSSR count). The fourth-order valence-electron chi connectivity index (χ4n) is 1.95. The zero-order chi connectivity index (χ0) is 11.8. The van der Waals surface area contributed by atoms with Crippen LogP contribution < -0.4 is 0 Å². The quantitative estimate of drug-likeness (QED) is 0.919. The Bertz CT molecular complexity index is 421. The maximum Gasteiger partial charge on any atom is 0.320 e. The molecule has 0 bridgehead atoms. The van der Waals surface area contributed by atoms with Crippen LogP contribution in [0.25, 0.3) is 0 Å². The molecule has 0 heterocycles. The Hall–Kier alpha value is -0.480. The summed E-state index contributed by atoms with van der Waals surface area (Å²) in [5.74, 6) is -0.363. The number of carbonyl (C=O) groups is 1. The molecule has 1 fully saturated rings. The topological polar surface area (TPSA) is 37.3 Å². The summed E-state index contributed by atoms with van der Waals surface area (Å²) in [4.78, 5) is 12.3. The highest BCUT2D eigenvalue weighted by Gasteiger charge is 2.60. The van der Waals surface area contributed by atoms with Crippen LogP contribution in [0, 0.1) is 5.92 Å². The Morgan fingerprint density at radius 2 is 2.44 bits per heavy atom. The highest BCUT2D eigenvalue weighted by molar-refractivity contribution is 9.10. The highest BCUT2D eigenvalue weighted by Crippen LogP contribution is 2.58. The maximum atomic E-state index is 11.3. The van der Waals surface area contributed by atoms with E-state index in [9.17, 15) is 9.90 Å². The van der Waals surface area contributed by atoms with E-state index >= 15 is 0 Å². The Morgan fingerprint density at radius 1 is 1.69 bits per heavy atom. The molecule has 1 aliphatic carbocycles. The second-order valence-corrected chi connectivity index (χ2v) is 6.38. The predicted molar refractivity (Wildman–Crippen MR) is 68.8 cm³/mol. The lowest BCUT2D eigenvalue weighted by atomic mass is 10.2. The predicted octanol–water partition coefficient (Wildman–Crippen LogP) is 3.79. The van der Waals surface area contributed by atoms with Gasteiger partial charge in [-0.05, 0) is 30.5 Å². The highest BCUT2D eigenvalue weighted by atomic mass is 79.9. The molecule has 0 aromatic heterocycles. The first-order valence-corrected chi connectivity index (χ1v) is 6.87. The van der Waals surface area contributed by atoms with Gasteiger partial charge in [-0.1, -0.05) is 35.3 Å². The number of aliphatic carboxylic acids is 1. The SMILES string of the molecule is CCC1CC1(Sc1cccc(Br)c1)C(=O)O. The van der Waals surface area contributed by atoms with Gasteiger partial charge in [-0.2, -0.15) is 0 Å². The molecule has 0 aliphatic heterocycles. The van der Waals surface area contributed by atoms with E-state index in [1.165, 1.54) is 11.8 Å². The number of hydrogen-bond donors (Lipinski definition) is 1. The smallest absolute Gasteiger partial charge is 0.320 e. The van der Waals surface area contributed by atoms with Gasteiger partial charge in [-0.25, -0.2) is 0 Å². The Kier molecular flexibility index (Phi) is 3.31. The lowest BCUT2D eigenvalue weighted by molar-refractivity contribution is -0.137. The zero-order valence-corrected chi connectivity index (χ0v) is 11.3. The van der Waals surface area contributed by atoms with Crippen molar-refractivity contribution in [2.24, 2.45) is 5.92 Å². The molecule has 0 spiro atoms. The normalized spacial score (nSPS) is 27.8. The van der Waals surface area contributed by atoms with Gasteiger partial charge in [-0.15, -0.1) is 11.8 Å². The van der Waals surface area contributed by atoms with E-state index in [0.29, 0.717) is 5.92 Å². The van der Waals surface area contributed by atoms with Crippen molar-refractivity contribution in [1.82, 2.24) is 0 Å². The molecule has 16 heavy (non-hydrogen) atoms. The van der Waals surface area contributed by atoms with Crippen molar-refractivity contribution in [3.8, 4) is 0 Å². The van der Waals surface area contributed by atoms with Gasteiger partial charge in [0.05, 0.1) is 0 Å². The van der Waals surface area contributed by atoms with E-state index in [1.54, 1.807) is 0 Å². The minimum absolute atomic E-state index is 0.314. The lowest BCUT2D eigenvalue weighted by Gasteiger charge is -2.11. The molecule has 0 saturated heterocycles. The third-order valence-electron chi connectivity index (χ3n) is 3.00. The zero-order valence-electron chi connectivity index (χ0n) is 8.94. The average molecular weight is 301 g/mol. The van der Waals surface area contributed by atoms with Crippen LogP contribution in [0.2, 0.25) is 0 Å². The van der Waals surface area contributed by atoms with Crippen LogP contribution in [0.3, 0.4) is 0 Å². The van der Waals surface area contributed by atoms with Crippen molar-refractivity contribution in [2.75, 3.05) is 0 Å². The van der Waals surface area contributed by atoms with E-state index in [1.807, 2.05) is 24.3 Å². The summed E-state index contributed by atoms with van der Waals surface area (Å²) < 4.78 is 0.418. The van der Waals surface area contributed by atoms with Crippen LogP contribution in [0.5, 0.6) is 0 Å². The van der Waals surface area contributed by atoms with Crippen LogP contribution in [-0.2, 0) is 4.79 Å². The van der Waals surface area contributed by atoms with Crippen LogP contribution >= 0.6 is 27.7 Å². The number of carboxylic acids is 1. The van der Waals surface area contributed by atoms with Crippen LogP contribution in [-0.4, -0.2) is 15.8 Å². The van der Waals surface area contributed by atoms with Gasteiger partial charge in [0, 0.05) is 9.37 Å². The Balaban J connectivity index is 2.17. The number of thioether (sulfide) groups is 1. The average Bonchev–Trinajstić information content (AvgIpc) is 2.93. The van der Waals surface area contributed by atoms with Gasteiger partial charge >= 0.3 is 5.97 Å². The fraction of sp³-hybridized carbons (Fsp3) is 0.417. The van der Waals surface area contributed by atoms with Gasteiger partial charge in [-0.3, -0.25) is 4.79 Å². The largest absolute Gasteiger partial charge is 0.480 e. The van der Waals surface area contributed by atoms with E-state index in [4.69, 9.17) is 0 Å². The fourth-order valence-corrected chi connectivity index (χ4v) is 3.96. The first-order chi connectivity index (χ1) is 7.58. The minimum atomic E-state index is -0.677. The molecular weight excluding hydrogens is 288 g/mol. The summed E-state index contributed by atoms with van der Waals surface area (Å²) >= 11 is 4.88. The van der Waals surface area contributed by atoms with Crippen LogP contribution in [0.1, 0.15) is 19.8 Å². The van der Waals surface area contributed by atoms with E-state index in [2.05, 4.69) is 22.9 Å². The van der Waals surface area contributed by atoms with Crippen LogP contribution in [0.15, 0.2) is 33.6 Å². The summed E-state index contributed by atoms with van der Waals surface area (Å²) in [5.41, 5.74) is 0. The van der Waals surface area contributed by atoms with Gasteiger partial charge in [0.2, 0.25) is 0 Å². The van der Waals surface area contributed by atoms with Crippen LogP contribution in [0.4, 0.5) is 0 Å². The van der Waals surface area contributed by atoms with Gasteiger partial charge in [0.1, 0.15) is 4.75 Å². The van der Waals surface area contributed by atoms with Crippen molar-refractivity contribution in [3.05, 3.63) is 28.7 Å². The minimum Gasteiger partial charge on any atom is -0.480 e. The molecule has 0 amide bonds. The van der Waals surface area contributed by atoms with Gasteiger partial charge in [0.25, 0.3) is 0 Å². The van der Waals surface area contributed by atoms with Crippen molar-refractivity contribution in [3.63, 3.8) is 0 Å². The molecule has 1 N–H and O–H groups in total. The molecule has 2 atom stereocenters. The maximum absolute atomic E-state index is 11.3. The third kappa shape index (κ3) is 2.13. The van der Waals surface area contributed by atoms with Gasteiger partial charge < -0.3 is 5.11 Å². The number of benzene rings is 1. The van der Waals surface area contributed by atoms with Gasteiger partial charge in [0.15, 0.2) is 0 Å². The molecule has 1 aromatic rings. The van der Waals surface area contributed by atoms with Crippen molar-refractivity contribution >= 4 is 33.7 Å². The molecule has 1 saturated carbocycles. The summed E-state index contributed by atoms with van der Waals surface area (Å²) in [6, 6.07) is 7.82. The van der Waals surface area contributed by atoms with E-state index < -0.39 is 10.7 Å². The molecule has 2 unspecified atom stereocenters. The number of halogens is 1. The van der Waals surface area contributed by atoms with E-state index in [0.717, 1.165) is 22.2 Å². The van der Waals surface area contributed by atoms with Crippen molar-refractivity contribution in [1.29, 1.82) is 0 Å². The van der Waals surface area contributed by atoms with E-state index in [-0.39, 0.29) is 0 Å². The molecule has 1 aliphatic rings. The standard InChI is InChI=1S/C12H13BrO2S/c1-2-8-7-12(8,11(14)15)16-10-5-3-4-9(13)6-10/h3-6,8H,2,7H2,1H3,(H,14,15). The molecule has 1 aromatic carbocycles. The summed E-state index contributed by atoms with van der Waals surface area (Å²) in [6.07, 6.45) is 1.73.